The molecule has 0 aromatic carbocycles. The highest BCUT2D eigenvalue weighted by atomic mass is 15.3. The molecule has 3 heteroatoms. The van der Waals surface area contributed by atoms with E-state index in [2.05, 4.69) is 56.9 Å². The lowest BCUT2D eigenvalue weighted by Crippen LogP contribution is -2.38. The summed E-state index contributed by atoms with van der Waals surface area (Å²) in [5.41, 5.74) is 1.23. The maximum absolute atomic E-state index is 4.78. The molecule has 0 radical (unpaired) electrons. The summed E-state index contributed by atoms with van der Waals surface area (Å²) in [6, 6.07) is 3.26. The van der Waals surface area contributed by atoms with E-state index in [-0.39, 0.29) is 0 Å². The number of aromatic nitrogens is 2. The number of nitrogens with zero attached hydrogens (tertiary/aromatic N) is 2. The summed E-state index contributed by atoms with van der Waals surface area (Å²) in [6.45, 7) is 12.3. The van der Waals surface area contributed by atoms with Crippen LogP contribution in [0.25, 0.3) is 0 Å². The van der Waals surface area contributed by atoms with Crippen LogP contribution < -0.4 is 5.32 Å². The molecule has 3 atom stereocenters. The summed E-state index contributed by atoms with van der Waals surface area (Å²) in [5.74, 6) is 0.763. The normalized spacial score (nSPS) is 15.9. The van der Waals surface area contributed by atoms with Gasteiger partial charge in [0.25, 0.3) is 0 Å². The van der Waals surface area contributed by atoms with E-state index < -0.39 is 0 Å². The SMILES string of the molecule is CCCCC(CC)C(Cc1ccn(C(C)CC)n1)NCC. The van der Waals surface area contributed by atoms with E-state index in [4.69, 9.17) is 5.10 Å². The molecule has 1 aromatic rings. The van der Waals surface area contributed by atoms with Crippen LogP contribution in [0.2, 0.25) is 0 Å². The maximum atomic E-state index is 4.78. The van der Waals surface area contributed by atoms with Crippen LogP contribution in [-0.2, 0) is 6.42 Å². The molecule has 0 saturated heterocycles. The average Bonchev–Trinajstić information content (AvgIpc) is 2.96. The fraction of sp³-hybridized carbons (Fsp3) is 0.833. The van der Waals surface area contributed by atoms with E-state index in [1.54, 1.807) is 0 Å². The van der Waals surface area contributed by atoms with Gasteiger partial charge in [0.15, 0.2) is 0 Å². The second-order valence-corrected chi connectivity index (χ2v) is 6.22. The van der Waals surface area contributed by atoms with Crippen LogP contribution in [0.1, 0.15) is 78.5 Å². The Morgan fingerprint density at radius 2 is 1.95 bits per heavy atom. The Balaban J connectivity index is 2.69. The Hall–Kier alpha value is -0.830. The van der Waals surface area contributed by atoms with Crippen molar-refractivity contribution in [1.82, 2.24) is 15.1 Å². The lowest BCUT2D eigenvalue weighted by molar-refractivity contribution is 0.316. The smallest absolute Gasteiger partial charge is 0.0640 e. The third kappa shape index (κ3) is 5.82. The molecule has 3 nitrogen and oxygen atoms in total. The van der Waals surface area contributed by atoms with Gasteiger partial charge in [0.05, 0.1) is 5.69 Å². The first-order chi connectivity index (χ1) is 10.2. The van der Waals surface area contributed by atoms with Crippen molar-refractivity contribution in [3.63, 3.8) is 0 Å². The van der Waals surface area contributed by atoms with Gasteiger partial charge in [-0.25, -0.2) is 0 Å². The van der Waals surface area contributed by atoms with Crippen molar-refractivity contribution >= 4 is 0 Å². The summed E-state index contributed by atoms with van der Waals surface area (Å²) in [7, 11) is 0. The van der Waals surface area contributed by atoms with Gasteiger partial charge in [0.1, 0.15) is 0 Å². The van der Waals surface area contributed by atoms with E-state index in [1.807, 2.05) is 0 Å². The molecule has 3 unspecified atom stereocenters. The standard InChI is InChI=1S/C18H35N3/c1-6-10-11-16(8-3)18(19-9-4)14-17-12-13-21(20-17)15(5)7-2/h12-13,15-16,18-19H,6-11,14H2,1-5H3. The summed E-state index contributed by atoms with van der Waals surface area (Å²) in [4.78, 5) is 0. The first-order valence-electron chi connectivity index (χ1n) is 8.93. The third-order valence-electron chi connectivity index (χ3n) is 4.62. The zero-order valence-corrected chi connectivity index (χ0v) is 14.7. The van der Waals surface area contributed by atoms with Gasteiger partial charge < -0.3 is 5.32 Å². The van der Waals surface area contributed by atoms with Gasteiger partial charge in [-0.1, -0.05) is 47.0 Å². The van der Waals surface area contributed by atoms with Crippen molar-refractivity contribution in [1.29, 1.82) is 0 Å². The van der Waals surface area contributed by atoms with Gasteiger partial charge in [0, 0.05) is 24.7 Å². The van der Waals surface area contributed by atoms with Crippen molar-refractivity contribution in [3.05, 3.63) is 18.0 Å². The van der Waals surface area contributed by atoms with Gasteiger partial charge in [-0.05, 0) is 38.3 Å². The molecule has 1 heterocycles. The van der Waals surface area contributed by atoms with Crippen LogP contribution >= 0.6 is 0 Å². The van der Waals surface area contributed by atoms with E-state index in [0.717, 1.165) is 25.3 Å². The summed E-state index contributed by atoms with van der Waals surface area (Å²) >= 11 is 0. The van der Waals surface area contributed by atoms with Crippen molar-refractivity contribution in [2.45, 2.75) is 85.2 Å². The zero-order chi connectivity index (χ0) is 15.7. The highest BCUT2D eigenvalue weighted by Gasteiger charge is 2.20. The predicted molar refractivity (Wildman–Crippen MR) is 91.7 cm³/mol. The number of nitrogens with one attached hydrogen (secondary N) is 1. The Morgan fingerprint density at radius 1 is 1.19 bits per heavy atom. The summed E-state index contributed by atoms with van der Waals surface area (Å²) < 4.78 is 2.12. The minimum absolute atomic E-state index is 0.499. The van der Waals surface area contributed by atoms with Crippen LogP contribution in [0, 0.1) is 5.92 Å². The van der Waals surface area contributed by atoms with Crippen molar-refractivity contribution < 1.29 is 0 Å². The van der Waals surface area contributed by atoms with Crippen molar-refractivity contribution in [2.75, 3.05) is 6.54 Å². The number of hydrogen-bond donors (Lipinski definition) is 1. The van der Waals surface area contributed by atoms with Crippen LogP contribution in [-0.4, -0.2) is 22.4 Å². The summed E-state index contributed by atoms with van der Waals surface area (Å²) in [5, 5.41) is 8.47. The molecular weight excluding hydrogens is 258 g/mol. The van der Waals surface area contributed by atoms with Gasteiger partial charge >= 0.3 is 0 Å². The quantitative estimate of drug-likeness (QED) is 0.646. The minimum Gasteiger partial charge on any atom is -0.314 e. The van der Waals surface area contributed by atoms with E-state index in [9.17, 15) is 0 Å². The second-order valence-electron chi connectivity index (χ2n) is 6.22. The predicted octanol–water partition coefficient (Wildman–Crippen LogP) is 4.59. The van der Waals surface area contributed by atoms with Crippen LogP contribution in [0.4, 0.5) is 0 Å². The van der Waals surface area contributed by atoms with Crippen molar-refractivity contribution in [3.8, 4) is 0 Å². The molecule has 0 aliphatic carbocycles. The molecule has 1 N–H and O–H groups in total. The fourth-order valence-corrected chi connectivity index (χ4v) is 2.97. The lowest BCUT2D eigenvalue weighted by atomic mass is 9.88. The van der Waals surface area contributed by atoms with Crippen LogP contribution in [0.15, 0.2) is 12.3 Å². The van der Waals surface area contributed by atoms with E-state index in [1.165, 1.54) is 31.4 Å². The molecular formula is C18H35N3. The molecule has 0 spiro atoms. The Kier molecular flexibility index (Phi) is 8.67. The van der Waals surface area contributed by atoms with Gasteiger partial charge in [-0.2, -0.15) is 5.10 Å². The Labute approximate surface area is 131 Å². The largest absolute Gasteiger partial charge is 0.314 e. The third-order valence-corrected chi connectivity index (χ3v) is 4.62. The lowest BCUT2D eigenvalue weighted by Gasteiger charge is -2.26. The second kappa shape index (κ2) is 9.99. The molecule has 0 saturated carbocycles. The molecule has 0 amide bonds. The highest BCUT2D eigenvalue weighted by Crippen LogP contribution is 2.20. The molecule has 0 bridgehead atoms. The number of hydrogen-bond acceptors (Lipinski definition) is 2. The zero-order valence-electron chi connectivity index (χ0n) is 14.7. The van der Waals surface area contributed by atoms with E-state index >= 15 is 0 Å². The molecule has 21 heavy (non-hydrogen) atoms. The monoisotopic (exact) mass is 293 g/mol. The first-order valence-corrected chi connectivity index (χ1v) is 8.93. The molecule has 122 valence electrons. The van der Waals surface area contributed by atoms with Crippen LogP contribution in [0.5, 0.6) is 0 Å². The van der Waals surface area contributed by atoms with Crippen molar-refractivity contribution in [2.24, 2.45) is 5.92 Å². The number of unbranched alkanes of at least 4 members (excludes halogenated alkanes) is 1. The highest BCUT2D eigenvalue weighted by molar-refractivity contribution is 5.03. The number of likely N-dealkylation sites (N-methyl/N-ethyl adjacent to an activating group) is 1. The molecule has 1 rings (SSSR count). The topological polar surface area (TPSA) is 29.9 Å². The number of rotatable bonds is 11. The van der Waals surface area contributed by atoms with Gasteiger partial charge in [-0.3, -0.25) is 4.68 Å². The molecule has 0 fully saturated rings. The molecule has 0 aliphatic heterocycles. The fourth-order valence-electron chi connectivity index (χ4n) is 2.97. The minimum atomic E-state index is 0.499. The van der Waals surface area contributed by atoms with E-state index in [0.29, 0.717) is 12.1 Å². The summed E-state index contributed by atoms with van der Waals surface area (Å²) in [6.07, 6.45) is 9.53. The first kappa shape index (κ1) is 18.2. The molecule has 1 aromatic heterocycles. The molecule has 0 aliphatic rings. The Morgan fingerprint density at radius 3 is 2.52 bits per heavy atom. The average molecular weight is 293 g/mol. The van der Waals surface area contributed by atoms with Crippen LogP contribution in [0.3, 0.4) is 0 Å². The Bertz CT molecular complexity index is 372. The maximum Gasteiger partial charge on any atom is 0.0640 e. The van der Waals surface area contributed by atoms with Gasteiger partial charge in [0.2, 0.25) is 0 Å². The van der Waals surface area contributed by atoms with Gasteiger partial charge in [-0.15, -0.1) is 0 Å².